The third-order valence-electron chi connectivity index (χ3n) is 12.5. The van der Waals surface area contributed by atoms with Gasteiger partial charge in [-0.1, -0.05) is 157 Å². The lowest BCUT2D eigenvalue weighted by atomic mass is 9.59. The minimum atomic E-state index is -0.439. The van der Waals surface area contributed by atoms with Gasteiger partial charge in [-0.15, -0.1) is 10.2 Å². The predicted octanol–water partition coefficient (Wildman–Crippen LogP) is 12.1. The van der Waals surface area contributed by atoms with Crippen LogP contribution in [0, 0.1) is 6.92 Å². The average Bonchev–Trinajstić information content (AvgIpc) is 3.78. The van der Waals surface area contributed by atoms with Crippen molar-refractivity contribution in [1.29, 1.82) is 0 Å². The van der Waals surface area contributed by atoms with Gasteiger partial charge >= 0.3 is 0 Å². The number of hydrogen-bond acceptors (Lipinski definition) is 4. The Hall–Kier alpha value is -7.30. The summed E-state index contributed by atoms with van der Waals surface area (Å²) in [6.45, 7) is 2.10. The fraction of sp³-hybridized carbons (Fsp3) is 0.0566. The first kappa shape index (κ1) is 32.0. The number of benzene rings is 7. The smallest absolute Gasteiger partial charge is 0.183 e. The molecule has 57 heavy (non-hydrogen) atoms. The molecular formula is C53H34N4. The van der Waals surface area contributed by atoms with Crippen LogP contribution in [0.25, 0.3) is 67.3 Å². The molecule has 0 radical (unpaired) electrons. The van der Waals surface area contributed by atoms with Crippen LogP contribution >= 0.6 is 0 Å². The van der Waals surface area contributed by atoms with Crippen molar-refractivity contribution in [3.63, 3.8) is 0 Å². The quantitative estimate of drug-likeness (QED) is 0.181. The predicted molar refractivity (Wildman–Crippen MR) is 228 cm³/mol. The molecule has 0 fully saturated rings. The molecule has 3 aliphatic carbocycles. The third-order valence-corrected chi connectivity index (χ3v) is 12.5. The van der Waals surface area contributed by atoms with Gasteiger partial charge in [0.05, 0.1) is 5.41 Å². The molecule has 266 valence electrons. The fourth-order valence-corrected chi connectivity index (χ4v) is 10.2. The first-order chi connectivity index (χ1) is 28.2. The van der Waals surface area contributed by atoms with E-state index in [1.807, 2.05) is 12.1 Å². The van der Waals surface area contributed by atoms with Crippen molar-refractivity contribution in [2.75, 3.05) is 0 Å². The van der Waals surface area contributed by atoms with E-state index in [-0.39, 0.29) is 5.92 Å². The van der Waals surface area contributed by atoms with Crippen LogP contribution in [0.1, 0.15) is 50.4 Å². The van der Waals surface area contributed by atoms with Gasteiger partial charge in [-0.3, -0.25) is 4.98 Å². The average molecular weight is 727 g/mol. The summed E-state index contributed by atoms with van der Waals surface area (Å²) in [5.41, 5.74) is 22.3. The van der Waals surface area contributed by atoms with E-state index >= 15 is 0 Å². The number of hydrogen-bond donors (Lipinski definition) is 0. The second-order valence-corrected chi connectivity index (χ2v) is 15.4. The largest absolute Gasteiger partial charge is 0.264 e. The molecule has 12 rings (SSSR count). The lowest BCUT2D eigenvalue weighted by Gasteiger charge is -2.42. The summed E-state index contributed by atoms with van der Waals surface area (Å²) in [6.07, 6.45) is 3.55. The second-order valence-electron chi connectivity index (χ2n) is 15.4. The number of fused-ring (bicyclic) bond motifs is 12. The number of aromatic nitrogens is 4. The van der Waals surface area contributed by atoms with E-state index in [0.29, 0.717) is 5.82 Å². The van der Waals surface area contributed by atoms with E-state index in [9.17, 15) is 0 Å². The van der Waals surface area contributed by atoms with E-state index in [1.54, 1.807) is 12.4 Å². The zero-order valence-corrected chi connectivity index (χ0v) is 31.2. The van der Waals surface area contributed by atoms with E-state index in [0.717, 1.165) is 33.6 Å². The summed E-state index contributed by atoms with van der Waals surface area (Å²) in [5.74, 6) is 0.668. The highest BCUT2D eigenvalue weighted by Crippen LogP contribution is 2.66. The number of nitrogens with zero attached hydrogens (tertiary/aromatic N) is 4. The third kappa shape index (κ3) is 4.44. The Morgan fingerprint density at radius 3 is 1.88 bits per heavy atom. The van der Waals surface area contributed by atoms with Gasteiger partial charge in [0.1, 0.15) is 11.4 Å². The molecule has 2 heterocycles. The van der Waals surface area contributed by atoms with Crippen LogP contribution in [0.5, 0.6) is 0 Å². The number of aryl methyl sites for hydroxylation is 1. The monoisotopic (exact) mass is 726 g/mol. The molecule has 1 atom stereocenters. The highest BCUT2D eigenvalue weighted by Gasteiger charge is 2.54. The molecule has 0 amide bonds. The summed E-state index contributed by atoms with van der Waals surface area (Å²) in [5, 5.41) is 9.42. The Morgan fingerprint density at radius 1 is 0.456 bits per heavy atom. The van der Waals surface area contributed by atoms with Gasteiger partial charge in [-0.2, -0.15) is 0 Å². The van der Waals surface area contributed by atoms with Crippen LogP contribution in [0.3, 0.4) is 0 Å². The first-order valence-electron chi connectivity index (χ1n) is 19.6. The number of pyridine rings is 1. The molecule has 7 aromatic carbocycles. The molecule has 1 unspecified atom stereocenters. The maximum Gasteiger partial charge on any atom is 0.183 e. The van der Waals surface area contributed by atoms with Gasteiger partial charge < -0.3 is 0 Å². The van der Waals surface area contributed by atoms with Crippen LogP contribution in [-0.2, 0) is 5.41 Å². The summed E-state index contributed by atoms with van der Waals surface area (Å²) in [6, 6.07) is 62.3. The minimum Gasteiger partial charge on any atom is -0.264 e. The molecule has 2 aromatic heterocycles. The molecular weight excluding hydrogens is 693 g/mol. The second kappa shape index (κ2) is 12.1. The fourth-order valence-electron chi connectivity index (χ4n) is 10.2. The normalized spacial score (nSPS) is 14.7. The standard InChI is InChI=1S/C53H34N4/c1-32-23-25-33(26-24-32)51-50(55-52(57-56-51)36-14-11-29-54-31-36)35-13-10-12-34(30-35)37-27-28-46-49-47(37)40-17-2-3-18-41(40)48(49)42-19-6-9-22-45(42)53(46)43-20-7-4-15-38(43)39-16-5-8-21-44(39)53/h2-31,48H,1H3. The van der Waals surface area contributed by atoms with Gasteiger partial charge in [0.15, 0.2) is 5.82 Å². The van der Waals surface area contributed by atoms with E-state index < -0.39 is 5.41 Å². The van der Waals surface area contributed by atoms with Crippen molar-refractivity contribution < 1.29 is 0 Å². The molecule has 3 aliphatic rings. The Morgan fingerprint density at radius 2 is 1.12 bits per heavy atom. The molecule has 1 spiro atoms. The Kier molecular flexibility index (Phi) is 6.79. The summed E-state index contributed by atoms with van der Waals surface area (Å²) >= 11 is 0. The maximum absolute atomic E-state index is 5.21. The van der Waals surface area contributed by atoms with Gasteiger partial charge in [0.2, 0.25) is 0 Å². The van der Waals surface area contributed by atoms with E-state index in [1.165, 1.54) is 72.3 Å². The summed E-state index contributed by atoms with van der Waals surface area (Å²) in [4.78, 5) is 9.55. The SMILES string of the molecule is Cc1ccc(-c2nnc(-c3cccnc3)nc2-c2cccc(-c3ccc4c5c3-c3ccccc3C5c3ccccc3C43c4ccccc4-c4ccccc43)c2)cc1. The maximum atomic E-state index is 5.21. The molecule has 0 N–H and O–H groups in total. The first-order valence-corrected chi connectivity index (χ1v) is 19.6. The lowest BCUT2D eigenvalue weighted by molar-refractivity contribution is 0.704. The zero-order valence-electron chi connectivity index (χ0n) is 31.2. The molecule has 0 saturated carbocycles. The van der Waals surface area contributed by atoms with Crippen LogP contribution < -0.4 is 0 Å². The zero-order chi connectivity index (χ0) is 37.7. The van der Waals surface area contributed by atoms with Crippen molar-refractivity contribution >= 4 is 0 Å². The Balaban J connectivity index is 1.12. The molecule has 4 heteroatoms. The van der Waals surface area contributed by atoms with Crippen molar-refractivity contribution in [2.45, 2.75) is 18.3 Å². The molecule has 0 saturated heterocycles. The van der Waals surface area contributed by atoms with E-state index in [4.69, 9.17) is 10.1 Å². The highest BCUT2D eigenvalue weighted by atomic mass is 15.2. The van der Waals surface area contributed by atoms with Gasteiger partial charge in [0, 0.05) is 35.0 Å². The van der Waals surface area contributed by atoms with Gasteiger partial charge in [0.25, 0.3) is 0 Å². The van der Waals surface area contributed by atoms with Crippen molar-refractivity contribution in [2.24, 2.45) is 0 Å². The number of rotatable bonds is 4. The van der Waals surface area contributed by atoms with Crippen molar-refractivity contribution in [3.8, 4) is 67.3 Å². The molecule has 0 bridgehead atoms. The van der Waals surface area contributed by atoms with Crippen LogP contribution in [-0.4, -0.2) is 20.2 Å². The minimum absolute atomic E-state index is 0.123. The van der Waals surface area contributed by atoms with Crippen LogP contribution in [0.4, 0.5) is 0 Å². The Bertz CT molecular complexity index is 3050. The highest BCUT2D eigenvalue weighted by molar-refractivity contribution is 5.98. The van der Waals surface area contributed by atoms with E-state index in [2.05, 4.69) is 175 Å². The topological polar surface area (TPSA) is 51.6 Å². The van der Waals surface area contributed by atoms with Crippen molar-refractivity contribution in [3.05, 3.63) is 227 Å². The van der Waals surface area contributed by atoms with Gasteiger partial charge in [-0.25, -0.2) is 4.98 Å². The Labute approximate surface area is 331 Å². The molecule has 4 nitrogen and oxygen atoms in total. The van der Waals surface area contributed by atoms with Gasteiger partial charge in [-0.05, 0) is 97.4 Å². The summed E-state index contributed by atoms with van der Waals surface area (Å²) < 4.78 is 0. The lowest BCUT2D eigenvalue weighted by Crippen LogP contribution is -2.35. The molecule has 0 aliphatic heterocycles. The van der Waals surface area contributed by atoms with Crippen LogP contribution in [0.15, 0.2) is 182 Å². The molecule has 9 aromatic rings. The van der Waals surface area contributed by atoms with Crippen molar-refractivity contribution in [1.82, 2.24) is 20.2 Å². The van der Waals surface area contributed by atoms with Crippen LogP contribution in [0.2, 0.25) is 0 Å². The summed E-state index contributed by atoms with van der Waals surface area (Å²) in [7, 11) is 0.